The van der Waals surface area contributed by atoms with Crippen LogP contribution in [-0.4, -0.2) is 36.5 Å². The van der Waals surface area contributed by atoms with Crippen LogP contribution >= 0.6 is 0 Å². The lowest BCUT2D eigenvalue weighted by atomic mass is 10.1. The molecule has 0 saturated heterocycles. The molecule has 0 spiro atoms. The van der Waals surface area contributed by atoms with Gasteiger partial charge >= 0.3 is 0 Å². The molecule has 0 fully saturated rings. The normalized spacial score (nSPS) is 11.1. The molecule has 0 saturated carbocycles. The lowest BCUT2D eigenvalue weighted by molar-refractivity contribution is 0.0944. The van der Waals surface area contributed by atoms with Crippen LogP contribution in [0.5, 0.6) is 0 Å². The summed E-state index contributed by atoms with van der Waals surface area (Å²) in [6.07, 6.45) is 2.24. The number of nitrogens with zero attached hydrogens (tertiary/aromatic N) is 2. The monoisotopic (exact) mass is 456 g/mol. The van der Waals surface area contributed by atoms with Gasteiger partial charge in [0.05, 0.1) is 4.90 Å². The lowest BCUT2D eigenvalue weighted by Crippen LogP contribution is -2.27. The van der Waals surface area contributed by atoms with Crippen molar-refractivity contribution in [1.29, 1.82) is 0 Å². The van der Waals surface area contributed by atoms with E-state index in [1.807, 2.05) is 0 Å². The molecule has 3 rings (SSSR count). The van der Waals surface area contributed by atoms with Crippen LogP contribution in [0.25, 0.3) is 0 Å². The van der Waals surface area contributed by atoms with Crippen molar-refractivity contribution in [3.8, 4) is 0 Å². The Kier molecular flexibility index (Phi) is 6.94. The van der Waals surface area contributed by atoms with E-state index in [0.717, 1.165) is 18.1 Å². The van der Waals surface area contributed by atoms with E-state index < -0.39 is 21.7 Å². The maximum Gasteiger partial charge on any atom is 0.270 e. The SMILES string of the molecule is Cc1cc(CNC(=O)c2cc(C(=O)NCc3ccc(S(C)(=O)=O)cc3)ncn2)ccc1F. The summed E-state index contributed by atoms with van der Waals surface area (Å²) in [6.45, 7) is 1.96. The highest BCUT2D eigenvalue weighted by Crippen LogP contribution is 2.11. The van der Waals surface area contributed by atoms with E-state index >= 15 is 0 Å². The summed E-state index contributed by atoms with van der Waals surface area (Å²) in [5.41, 5.74) is 1.93. The predicted octanol–water partition coefficient (Wildman–Crippen LogP) is 2.19. The van der Waals surface area contributed by atoms with Crippen molar-refractivity contribution >= 4 is 21.7 Å². The first-order valence-corrected chi connectivity index (χ1v) is 11.4. The summed E-state index contributed by atoms with van der Waals surface area (Å²) in [5.74, 6) is -1.33. The van der Waals surface area contributed by atoms with Crippen molar-refractivity contribution in [3.05, 3.63) is 88.8 Å². The molecule has 1 aromatic heterocycles. The van der Waals surface area contributed by atoms with Gasteiger partial charge in [0, 0.05) is 25.4 Å². The number of amides is 2. The Labute approximate surface area is 184 Å². The fraction of sp³-hybridized carbons (Fsp3) is 0.182. The van der Waals surface area contributed by atoms with E-state index in [1.54, 1.807) is 31.2 Å². The fourth-order valence-electron chi connectivity index (χ4n) is 2.82. The molecule has 32 heavy (non-hydrogen) atoms. The standard InChI is InChI=1S/C22H21FN4O4S/c1-14-9-16(5-8-18(14)23)12-25-22(29)20-10-19(26-13-27-20)21(28)24-11-15-3-6-17(7-4-15)32(2,30)31/h3-10,13H,11-12H2,1-2H3,(H,24,28)(H,25,29). The third kappa shape index (κ3) is 5.94. The Hall–Kier alpha value is -3.66. The zero-order valence-electron chi connectivity index (χ0n) is 17.4. The van der Waals surface area contributed by atoms with Crippen LogP contribution in [0.3, 0.4) is 0 Å². The Morgan fingerprint density at radius 3 is 1.94 bits per heavy atom. The van der Waals surface area contributed by atoms with Crippen LogP contribution in [0.15, 0.2) is 59.8 Å². The predicted molar refractivity (Wildman–Crippen MR) is 115 cm³/mol. The Morgan fingerprint density at radius 1 is 0.875 bits per heavy atom. The van der Waals surface area contributed by atoms with Crippen molar-refractivity contribution in [2.24, 2.45) is 0 Å². The number of aryl methyl sites for hydroxylation is 1. The number of nitrogens with one attached hydrogen (secondary N) is 2. The summed E-state index contributed by atoms with van der Waals surface area (Å²) in [6, 6.07) is 11.9. The molecule has 166 valence electrons. The number of rotatable bonds is 7. The molecule has 10 heteroatoms. The smallest absolute Gasteiger partial charge is 0.270 e. The van der Waals surface area contributed by atoms with Crippen molar-refractivity contribution < 1.29 is 22.4 Å². The number of hydrogen-bond acceptors (Lipinski definition) is 6. The molecule has 0 unspecified atom stereocenters. The van der Waals surface area contributed by atoms with Crippen LogP contribution in [0, 0.1) is 12.7 Å². The number of benzene rings is 2. The first-order chi connectivity index (χ1) is 15.1. The highest BCUT2D eigenvalue weighted by atomic mass is 32.2. The Bertz CT molecular complexity index is 1260. The van der Waals surface area contributed by atoms with Gasteiger partial charge in [0.25, 0.3) is 11.8 Å². The van der Waals surface area contributed by atoms with Gasteiger partial charge in [-0.25, -0.2) is 22.8 Å². The van der Waals surface area contributed by atoms with Gasteiger partial charge in [-0.05, 0) is 41.8 Å². The molecule has 2 N–H and O–H groups in total. The quantitative estimate of drug-likeness (QED) is 0.563. The van der Waals surface area contributed by atoms with E-state index in [9.17, 15) is 22.4 Å². The number of aromatic nitrogens is 2. The van der Waals surface area contributed by atoms with Crippen molar-refractivity contribution in [1.82, 2.24) is 20.6 Å². The van der Waals surface area contributed by atoms with Gasteiger partial charge in [0.1, 0.15) is 23.5 Å². The maximum absolute atomic E-state index is 13.4. The maximum atomic E-state index is 13.4. The van der Waals surface area contributed by atoms with Gasteiger partial charge in [-0.15, -0.1) is 0 Å². The largest absolute Gasteiger partial charge is 0.347 e. The van der Waals surface area contributed by atoms with Crippen molar-refractivity contribution in [2.45, 2.75) is 24.9 Å². The van der Waals surface area contributed by atoms with Crippen LogP contribution in [0.2, 0.25) is 0 Å². The minimum absolute atomic E-state index is 0.00975. The van der Waals surface area contributed by atoms with Crippen LogP contribution in [0.4, 0.5) is 4.39 Å². The van der Waals surface area contributed by atoms with Gasteiger partial charge < -0.3 is 10.6 Å². The first kappa shape index (κ1) is 23.0. The topological polar surface area (TPSA) is 118 Å². The average molecular weight is 456 g/mol. The van der Waals surface area contributed by atoms with Gasteiger partial charge in [0.15, 0.2) is 9.84 Å². The first-order valence-electron chi connectivity index (χ1n) is 9.56. The molecule has 2 aromatic carbocycles. The number of carbonyl (C=O) groups is 2. The van der Waals surface area contributed by atoms with Gasteiger partial charge in [-0.3, -0.25) is 9.59 Å². The van der Waals surface area contributed by atoms with E-state index in [-0.39, 0.29) is 35.2 Å². The molecule has 8 nitrogen and oxygen atoms in total. The third-order valence-corrected chi connectivity index (χ3v) is 5.74. The summed E-state index contributed by atoms with van der Waals surface area (Å²) < 4.78 is 36.4. The molecule has 0 atom stereocenters. The molecule has 0 bridgehead atoms. The molecular formula is C22H21FN4O4S. The number of sulfone groups is 1. The van der Waals surface area contributed by atoms with Crippen LogP contribution in [-0.2, 0) is 22.9 Å². The summed E-state index contributed by atoms with van der Waals surface area (Å²) >= 11 is 0. The van der Waals surface area contributed by atoms with E-state index in [2.05, 4.69) is 20.6 Å². The minimum Gasteiger partial charge on any atom is -0.347 e. The number of hydrogen-bond donors (Lipinski definition) is 2. The molecule has 0 aliphatic heterocycles. The average Bonchev–Trinajstić information content (AvgIpc) is 2.77. The van der Waals surface area contributed by atoms with E-state index in [0.29, 0.717) is 11.1 Å². The Morgan fingerprint density at radius 2 is 1.41 bits per heavy atom. The summed E-state index contributed by atoms with van der Waals surface area (Å²) in [7, 11) is -3.29. The molecule has 0 aliphatic carbocycles. The highest BCUT2D eigenvalue weighted by Gasteiger charge is 2.14. The molecule has 3 aromatic rings. The van der Waals surface area contributed by atoms with Crippen molar-refractivity contribution in [3.63, 3.8) is 0 Å². The Balaban J connectivity index is 1.60. The zero-order valence-corrected chi connectivity index (χ0v) is 18.2. The second-order valence-electron chi connectivity index (χ2n) is 7.15. The molecule has 0 aliphatic rings. The summed E-state index contributed by atoms with van der Waals surface area (Å²) in [5, 5.41) is 5.33. The van der Waals surface area contributed by atoms with Gasteiger partial charge in [0.2, 0.25) is 0 Å². The third-order valence-electron chi connectivity index (χ3n) is 4.61. The van der Waals surface area contributed by atoms with Crippen molar-refractivity contribution in [2.75, 3.05) is 6.26 Å². The zero-order chi connectivity index (χ0) is 23.3. The number of halogens is 1. The van der Waals surface area contributed by atoms with Crippen LogP contribution in [0.1, 0.15) is 37.7 Å². The molecular weight excluding hydrogens is 435 g/mol. The van der Waals surface area contributed by atoms with E-state index in [4.69, 9.17) is 0 Å². The lowest BCUT2D eigenvalue weighted by Gasteiger charge is -2.08. The molecule has 2 amide bonds. The fourth-order valence-corrected chi connectivity index (χ4v) is 3.45. The van der Waals surface area contributed by atoms with Gasteiger partial charge in [-0.1, -0.05) is 24.3 Å². The minimum atomic E-state index is -3.29. The highest BCUT2D eigenvalue weighted by molar-refractivity contribution is 7.90. The number of carbonyl (C=O) groups excluding carboxylic acids is 2. The van der Waals surface area contributed by atoms with Crippen LogP contribution < -0.4 is 10.6 Å². The second-order valence-corrected chi connectivity index (χ2v) is 9.17. The molecule has 0 radical (unpaired) electrons. The molecule has 1 heterocycles. The summed E-state index contributed by atoms with van der Waals surface area (Å²) in [4.78, 5) is 32.8. The second kappa shape index (κ2) is 9.65. The van der Waals surface area contributed by atoms with Gasteiger partial charge in [-0.2, -0.15) is 0 Å². The van der Waals surface area contributed by atoms with E-state index in [1.165, 1.54) is 24.3 Å².